The number of nitrogens with zero attached hydrogens (tertiary/aromatic N) is 7. The predicted molar refractivity (Wildman–Crippen MR) is 327 cm³/mol. The van der Waals surface area contributed by atoms with Crippen LogP contribution in [0.4, 0.5) is 0 Å². The normalized spacial score (nSPS) is 22.0. The van der Waals surface area contributed by atoms with Gasteiger partial charge in [-0.1, -0.05) is 73.1 Å². The molecular formula is C66H84ClN7O4S2. The quantitative estimate of drug-likeness (QED) is 0.0897. The Hall–Kier alpha value is -4.73. The lowest BCUT2D eigenvalue weighted by Crippen LogP contribution is -2.62. The summed E-state index contributed by atoms with van der Waals surface area (Å²) in [5, 5.41) is 2.79. The Morgan fingerprint density at radius 2 is 1.36 bits per heavy atom. The summed E-state index contributed by atoms with van der Waals surface area (Å²) in [5.41, 5.74) is 9.00. The minimum atomic E-state index is 0.148. The number of allylic oxidation sites excluding steroid dienone is 1. The van der Waals surface area contributed by atoms with Gasteiger partial charge in [0.25, 0.3) is 11.8 Å². The number of benzene rings is 3. The molecule has 14 heteroatoms. The van der Waals surface area contributed by atoms with Crippen LogP contribution in [0.3, 0.4) is 0 Å². The predicted octanol–water partition coefficient (Wildman–Crippen LogP) is 12.8. The Labute approximate surface area is 490 Å². The van der Waals surface area contributed by atoms with Gasteiger partial charge in [0.15, 0.2) is 0 Å². The average Bonchev–Trinajstić information content (AvgIpc) is 4.43. The molecule has 0 radical (unpaired) electrons. The second-order valence-corrected chi connectivity index (χ2v) is 26.5. The third-order valence-corrected chi connectivity index (χ3v) is 20.6. The van der Waals surface area contributed by atoms with E-state index in [9.17, 15) is 9.59 Å². The number of piperidine rings is 2. The van der Waals surface area contributed by atoms with Crippen LogP contribution in [0.15, 0.2) is 113 Å². The van der Waals surface area contributed by atoms with Crippen LogP contribution in [-0.4, -0.2) is 155 Å². The first-order chi connectivity index (χ1) is 39.0. The van der Waals surface area contributed by atoms with Gasteiger partial charge in [0, 0.05) is 132 Å². The zero-order chi connectivity index (χ0) is 55.2. The maximum Gasteiger partial charge on any atom is 0.267 e. The van der Waals surface area contributed by atoms with Crippen LogP contribution in [0.2, 0.25) is 5.02 Å². The Kier molecular flexibility index (Phi) is 18.7. The number of amides is 2. The molecule has 2 aliphatic carbocycles. The summed E-state index contributed by atoms with van der Waals surface area (Å²) in [7, 11) is 0. The van der Waals surface area contributed by atoms with E-state index >= 15 is 0 Å². The Bertz CT molecular complexity index is 2890. The van der Waals surface area contributed by atoms with Gasteiger partial charge in [-0.25, -0.2) is 0 Å². The molecular weight excluding hydrogens is 1050 g/mol. The molecule has 6 fully saturated rings. The number of thioether (sulfide) groups is 1. The molecule has 5 aliphatic heterocycles. The van der Waals surface area contributed by atoms with Crippen LogP contribution < -0.4 is 4.74 Å². The summed E-state index contributed by atoms with van der Waals surface area (Å²) in [6.07, 6.45) is 14.8. The first-order valence-electron chi connectivity index (χ1n) is 30.1. The molecule has 11 nitrogen and oxygen atoms in total. The molecule has 7 heterocycles. The molecule has 0 unspecified atom stereocenters. The van der Waals surface area contributed by atoms with Gasteiger partial charge >= 0.3 is 0 Å². The van der Waals surface area contributed by atoms with Gasteiger partial charge < -0.3 is 19.3 Å². The fraction of sp³-hybridized carbons (Fsp3) is 0.530. The van der Waals surface area contributed by atoms with Gasteiger partial charge in [0.1, 0.15) is 21.3 Å². The Morgan fingerprint density at radius 1 is 0.713 bits per heavy atom. The summed E-state index contributed by atoms with van der Waals surface area (Å²) >= 11 is 9.56. The van der Waals surface area contributed by atoms with Crippen molar-refractivity contribution in [2.45, 2.75) is 122 Å². The van der Waals surface area contributed by atoms with E-state index < -0.39 is 0 Å². The van der Waals surface area contributed by atoms with Crippen molar-refractivity contribution in [3.05, 3.63) is 140 Å². The molecule has 4 saturated heterocycles. The second-order valence-electron chi connectivity index (χ2n) is 24.1. The van der Waals surface area contributed by atoms with Crippen molar-refractivity contribution < 1.29 is 19.1 Å². The Balaban J connectivity index is 0.000000169. The molecule has 12 rings (SSSR count). The highest BCUT2D eigenvalue weighted by Gasteiger charge is 2.42. The summed E-state index contributed by atoms with van der Waals surface area (Å²) in [6, 6.07) is 31.9. The van der Waals surface area contributed by atoms with E-state index in [2.05, 4.69) is 136 Å². The van der Waals surface area contributed by atoms with Crippen LogP contribution in [0.1, 0.15) is 118 Å². The molecule has 0 bridgehead atoms. The highest BCUT2D eigenvalue weighted by atomic mass is 35.5. The minimum Gasteiger partial charge on any atom is -0.496 e. The van der Waals surface area contributed by atoms with Crippen LogP contribution >= 0.6 is 34.7 Å². The number of likely N-dealkylation sites (tertiary alicyclic amines) is 2. The van der Waals surface area contributed by atoms with Gasteiger partial charge in [-0.05, 0) is 165 Å². The number of hydrogen-bond acceptors (Lipinski definition) is 11. The maximum absolute atomic E-state index is 13.4. The summed E-state index contributed by atoms with van der Waals surface area (Å²) in [4.78, 5) is 47.1. The lowest BCUT2D eigenvalue weighted by molar-refractivity contribution is -0.129. The van der Waals surface area contributed by atoms with E-state index in [0.29, 0.717) is 30.0 Å². The first-order valence-corrected chi connectivity index (χ1v) is 32.3. The lowest BCUT2D eigenvalue weighted by Gasteiger charge is -2.52. The smallest absolute Gasteiger partial charge is 0.267 e. The average molecular weight is 1140 g/mol. The van der Waals surface area contributed by atoms with Crippen LogP contribution in [0.5, 0.6) is 5.75 Å². The fourth-order valence-electron chi connectivity index (χ4n) is 12.6. The topological polar surface area (TPSA) is 84.9 Å². The highest BCUT2D eigenvalue weighted by molar-refractivity contribution is 8.04. The van der Waals surface area contributed by atoms with Crippen molar-refractivity contribution in [3.63, 3.8) is 0 Å². The number of halogens is 1. The van der Waals surface area contributed by atoms with Crippen molar-refractivity contribution >= 4 is 46.5 Å². The number of hydrogen-bond donors (Lipinski definition) is 0. The van der Waals surface area contributed by atoms with E-state index in [1.165, 1.54) is 76.0 Å². The summed E-state index contributed by atoms with van der Waals surface area (Å²) in [6.45, 7) is 22.8. The third-order valence-electron chi connectivity index (χ3n) is 18.4. The fourth-order valence-corrected chi connectivity index (χ4v) is 14.8. The molecule has 7 aliphatic rings. The van der Waals surface area contributed by atoms with E-state index in [1.54, 1.807) is 11.8 Å². The molecule has 426 valence electrons. The molecule has 2 atom stereocenters. The number of aryl methyl sites for hydroxylation is 1. The number of aromatic nitrogens is 1. The SMILES string of the molecule is CCc1cc(Cl)cc(-c2ccc(CN3CCN(C4CCN(C(=O)c5sccc5OCC5CC5)CC4)CC3)cc2)c1.C[C@@H]1CN(C2(C)CCN(C(=O)C3=C(OCC4CC4)CCS3)CC2)CCN1[C@@H](C)c1ccc(-c2ccncc2)cc1. The summed E-state index contributed by atoms with van der Waals surface area (Å²) < 4.78 is 12.0. The van der Waals surface area contributed by atoms with E-state index in [0.717, 1.165) is 162 Å². The third kappa shape index (κ3) is 14.2. The molecule has 0 N–H and O–H groups in total. The molecule has 2 aromatic heterocycles. The van der Waals surface area contributed by atoms with Crippen molar-refractivity contribution in [3.8, 4) is 28.0 Å². The second kappa shape index (κ2) is 26.2. The van der Waals surface area contributed by atoms with E-state index in [-0.39, 0.29) is 17.4 Å². The Morgan fingerprint density at radius 3 is 2.04 bits per heavy atom. The molecule has 3 aromatic carbocycles. The van der Waals surface area contributed by atoms with Crippen molar-refractivity contribution in [2.24, 2.45) is 11.8 Å². The largest absolute Gasteiger partial charge is 0.496 e. The number of carbonyl (C=O) groups is 2. The molecule has 2 amide bonds. The van der Waals surface area contributed by atoms with Crippen LogP contribution in [0.25, 0.3) is 22.3 Å². The van der Waals surface area contributed by atoms with Gasteiger partial charge in [-0.3, -0.25) is 34.2 Å². The number of piperazine rings is 2. The first kappa shape index (κ1) is 57.1. The summed E-state index contributed by atoms with van der Waals surface area (Å²) in [5.74, 6) is 4.48. The lowest BCUT2D eigenvalue weighted by atomic mass is 9.86. The van der Waals surface area contributed by atoms with Gasteiger partial charge in [-0.15, -0.1) is 23.1 Å². The standard InChI is InChI=1S/C33H40ClN3O2S.C33H44N4O2S/c1-2-24-19-28(21-29(34)20-24)27-7-5-25(6-8-27)22-35-14-16-36(17-15-35)30-9-12-37(13-10-30)33(38)32-31(11-18-40-32)39-23-26-3-4-26;1-24-22-36(19-20-37(24)25(2)27-6-8-28(9-7-27)29-10-15-34-16-11-29)33(3)13-17-35(18-14-33)32(38)31-30(12-21-40-31)39-23-26-4-5-26/h5-8,11,18-21,26,30H,2-4,9-10,12-17,22-23H2,1H3;6-11,15-16,24-26H,4-5,12-14,17-23H2,1-3H3/t;24-,25+/m.1/s1. The van der Waals surface area contributed by atoms with Gasteiger partial charge in [0.05, 0.1) is 13.2 Å². The number of carbonyl (C=O) groups excluding carboxylic acids is 2. The molecule has 5 aromatic rings. The van der Waals surface area contributed by atoms with Crippen molar-refractivity contribution in [1.82, 2.24) is 34.4 Å². The molecule has 0 spiro atoms. The van der Waals surface area contributed by atoms with Crippen LogP contribution in [-0.2, 0) is 22.5 Å². The zero-order valence-electron chi connectivity index (χ0n) is 47.8. The van der Waals surface area contributed by atoms with E-state index in [1.807, 2.05) is 28.7 Å². The van der Waals surface area contributed by atoms with Gasteiger partial charge in [-0.2, -0.15) is 0 Å². The van der Waals surface area contributed by atoms with Crippen molar-refractivity contribution in [1.29, 1.82) is 0 Å². The number of thiophene rings is 1. The minimum absolute atomic E-state index is 0.148. The monoisotopic (exact) mass is 1140 g/mol. The number of pyridine rings is 1. The maximum atomic E-state index is 13.4. The molecule has 80 heavy (non-hydrogen) atoms. The van der Waals surface area contributed by atoms with Gasteiger partial charge in [0.2, 0.25) is 0 Å². The number of ether oxygens (including phenoxy) is 2. The van der Waals surface area contributed by atoms with E-state index in [4.69, 9.17) is 21.1 Å². The molecule has 2 saturated carbocycles. The van der Waals surface area contributed by atoms with Crippen molar-refractivity contribution in [2.75, 3.05) is 91.0 Å². The highest BCUT2D eigenvalue weighted by Crippen LogP contribution is 2.40. The number of rotatable bonds is 17. The zero-order valence-corrected chi connectivity index (χ0v) is 50.2. The van der Waals surface area contributed by atoms with Crippen LogP contribution in [0, 0.1) is 11.8 Å².